The van der Waals surface area contributed by atoms with Gasteiger partial charge in [-0.2, -0.15) is 6.21 Å². The summed E-state index contributed by atoms with van der Waals surface area (Å²) in [6.07, 6.45) is -0.293. The number of hydrogen-bond acceptors (Lipinski definition) is 2. The van der Waals surface area contributed by atoms with Gasteiger partial charge in [0.25, 0.3) is 0 Å². The molecule has 0 aliphatic carbocycles. The van der Waals surface area contributed by atoms with Crippen molar-refractivity contribution >= 4 is 17.4 Å². The van der Waals surface area contributed by atoms with Gasteiger partial charge in [0.1, 0.15) is 0 Å². The smallest absolute Gasteiger partial charge is 0.811 e. The van der Waals surface area contributed by atoms with Crippen LogP contribution in [-0.4, -0.2) is 16.2 Å². The molecule has 0 amide bonds. The molecule has 2 aromatic heterocycles. The van der Waals surface area contributed by atoms with Gasteiger partial charge < -0.3 is 10.4 Å². The fraction of sp³-hybridized carbons (Fsp3) is 0.340. The third-order valence-electron chi connectivity index (χ3n) is 7.43. The number of rotatable bonds is 9. The molecule has 0 bridgehead atoms. The summed E-state index contributed by atoms with van der Waals surface area (Å²) in [6.45, 7) is 15.5. The van der Waals surface area contributed by atoms with Crippen LogP contribution >= 0.6 is 0 Å². The molecule has 0 unspecified atom stereocenters. The number of pyridine rings is 2. The van der Waals surface area contributed by atoms with Crippen molar-refractivity contribution in [2.24, 2.45) is 16.2 Å². The maximum atomic E-state index is 9.31. The Labute approximate surface area is 355 Å². The van der Waals surface area contributed by atoms with Crippen LogP contribution in [0.2, 0.25) is 0 Å². The quantitative estimate of drug-likeness (QED) is 0.0840. The molecule has 3 nitrogen and oxygen atoms in total. The van der Waals surface area contributed by atoms with Gasteiger partial charge in [-0.15, -0.1) is 70.8 Å². The minimum Gasteiger partial charge on any atom is -0.811 e. The summed E-state index contributed by atoms with van der Waals surface area (Å²) in [7, 11) is 0. The van der Waals surface area contributed by atoms with Gasteiger partial charge in [0.15, 0.2) is 0 Å². The van der Waals surface area contributed by atoms with Crippen molar-refractivity contribution in [1.82, 2.24) is 9.97 Å². The molecule has 5 rings (SSSR count). The van der Waals surface area contributed by atoms with Crippen molar-refractivity contribution in [2.45, 2.75) is 95.2 Å². The molecule has 4 heteroatoms. The van der Waals surface area contributed by atoms with E-state index in [0.29, 0.717) is 22.4 Å². The standard InChI is InChI=1S/C28H34N.C22H24N2.Ir/c1-20-13-14-22(15-25(20)21-11-9-8-10-12-21)26-16-23(17-27(2,3)4)24(19-29-26)18-28(5,6)7;1-17(18-8-6-5-7-9-18)14-19(12-13-23)20-10-11-21(24-16-20)15-22(2,3)4;/h8-13,15-16,19H,17-18H2,1-7H3;5-8,10-14,16H,15H2,1-4H3;/q-1;-2;+3/b;17-14+,19-12+;/i1D3,17D2,18D2;10D,15D2,16D;. The van der Waals surface area contributed by atoms with E-state index >= 15 is 0 Å². The van der Waals surface area contributed by atoms with Gasteiger partial charge in [-0.3, -0.25) is 4.98 Å². The van der Waals surface area contributed by atoms with Crippen LogP contribution in [0.3, 0.4) is 0 Å². The zero-order valence-electron chi connectivity index (χ0n) is 44.0. The minimum atomic E-state index is -2.34. The number of nitrogens with zero attached hydrogens (tertiary/aromatic N) is 3. The van der Waals surface area contributed by atoms with Gasteiger partial charge in [-0.1, -0.05) is 136 Å². The van der Waals surface area contributed by atoms with Gasteiger partial charge in [-0.25, -0.2) is 0 Å². The Balaban J connectivity index is 0.000000351. The van der Waals surface area contributed by atoms with Crippen molar-refractivity contribution in [3.05, 3.63) is 160 Å². The van der Waals surface area contributed by atoms with Crippen LogP contribution in [0.1, 0.15) is 118 Å². The van der Waals surface area contributed by atoms with Gasteiger partial charge in [-0.05, 0) is 75.0 Å². The van der Waals surface area contributed by atoms with E-state index in [2.05, 4.69) is 22.1 Å². The largest absolute Gasteiger partial charge is 3.00 e. The van der Waals surface area contributed by atoms with E-state index in [1.807, 2.05) is 55.5 Å². The van der Waals surface area contributed by atoms with E-state index in [9.17, 15) is 5.41 Å². The molecule has 2 heterocycles. The third-order valence-corrected chi connectivity index (χ3v) is 7.43. The SMILES string of the molecule is [2H]C([2H])([2H])c1c[c-]c(-c2cc(C([2H])([2H])C(C)(C)C)c(C([2H])([2H])C(C)(C)C)cn2)cc1-c1ccccc1.[2H]c1cc(C([2H])([2H])C(C)(C)C)nc([2H])c1C(/C=C(\C)c1[c-]cccc1)=C/C=[N-].[Ir+3]. The van der Waals surface area contributed by atoms with E-state index in [0.717, 1.165) is 22.9 Å². The van der Waals surface area contributed by atoms with Crippen molar-refractivity contribution in [1.29, 1.82) is 0 Å². The molecule has 54 heavy (non-hydrogen) atoms. The summed E-state index contributed by atoms with van der Waals surface area (Å²) in [5.74, 6) is 0. The Hall–Kier alpha value is -4.24. The van der Waals surface area contributed by atoms with E-state index in [-0.39, 0.29) is 60.3 Å². The molecule has 0 fully saturated rings. The van der Waals surface area contributed by atoms with Crippen LogP contribution in [0.4, 0.5) is 0 Å². The molecule has 0 N–H and O–H groups in total. The Bertz CT molecular complexity index is 2490. The zero-order chi connectivity index (χ0) is 48.4. The number of hydrogen-bond donors (Lipinski definition) is 0. The normalized spacial score (nSPS) is 16.4. The van der Waals surface area contributed by atoms with E-state index < -0.39 is 42.2 Å². The third kappa shape index (κ3) is 14.2. The minimum absolute atomic E-state index is 0. The first-order chi connectivity index (χ1) is 29.3. The average Bonchev–Trinajstić information content (AvgIpc) is 3.19. The number of aromatic nitrogens is 2. The molecule has 282 valence electrons. The summed E-state index contributed by atoms with van der Waals surface area (Å²) < 4.78 is 93.1. The number of aryl methyl sites for hydroxylation is 1. The Morgan fingerprint density at radius 2 is 1.50 bits per heavy atom. The number of allylic oxidation sites excluding steroid dienone is 4. The molecule has 3 aromatic carbocycles. The van der Waals surface area contributed by atoms with Crippen molar-refractivity contribution in [3.8, 4) is 22.4 Å². The monoisotopic (exact) mass is 904 g/mol. The van der Waals surface area contributed by atoms with Crippen molar-refractivity contribution in [2.75, 3.05) is 0 Å². The first kappa shape index (κ1) is 30.0. The molecule has 0 saturated carbocycles. The second-order valence-corrected chi connectivity index (χ2v) is 15.9. The molecule has 0 radical (unpaired) electrons. The zero-order valence-corrected chi connectivity index (χ0v) is 35.4. The first-order valence-electron chi connectivity index (χ1n) is 23.2. The Morgan fingerprint density at radius 3 is 2.09 bits per heavy atom. The van der Waals surface area contributed by atoms with Crippen LogP contribution in [0, 0.1) is 35.2 Å². The Kier molecular flexibility index (Phi) is 10.8. The fourth-order valence-electron chi connectivity index (χ4n) is 5.26. The van der Waals surface area contributed by atoms with E-state index in [1.54, 1.807) is 86.6 Å². The second kappa shape index (κ2) is 19.4. The maximum Gasteiger partial charge on any atom is 3.00 e. The maximum absolute atomic E-state index is 9.31. The van der Waals surface area contributed by atoms with Crippen molar-refractivity contribution in [3.63, 3.8) is 0 Å². The van der Waals surface area contributed by atoms with E-state index in [4.69, 9.17) is 15.1 Å². The van der Waals surface area contributed by atoms with Gasteiger partial charge >= 0.3 is 20.1 Å². The molecule has 0 saturated heterocycles. The van der Waals surface area contributed by atoms with E-state index in [1.165, 1.54) is 24.4 Å². The summed E-state index contributed by atoms with van der Waals surface area (Å²) in [5.41, 5.74) is 2.88. The van der Waals surface area contributed by atoms with Crippen LogP contribution in [0.15, 0.2) is 109 Å². The first-order valence-corrected chi connectivity index (χ1v) is 17.7. The topological polar surface area (TPSA) is 48.1 Å². The Morgan fingerprint density at radius 1 is 0.833 bits per heavy atom. The second-order valence-electron chi connectivity index (χ2n) is 15.9. The van der Waals surface area contributed by atoms with Crippen LogP contribution in [0.25, 0.3) is 38.9 Å². The van der Waals surface area contributed by atoms with Gasteiger partial charge in [0.05, 0.1) is 2.74 Å². The van der Waals surface area contributed by atoms with Crippen LogP contribution in [0.5, 0.6) is 0 Å². The molecule has 0 atom stereocenters. The fourth-order valence-corrected chi connectivity index (χ4v) is 5.26. The van der Waals surface area contributed by atoms with Crippen LogP contribution in [-0.2, 0) is 39.2 Å². The molecule has 0 aliphatic rings. The predicted molar refractivity (Wildman–Crippen MR) is 229 cm³/mol. The van der Waals surface area contributed by atoms with Crippen LogP contribution < -0.4 is 0 Å². The predicted octanol–water partition coefficient (Wildman–Crippen LogP) is 13.3. The summed E-state index contributed by atoms with van der Waals surface area (Å²) in [5, 5.41) is 9.31. The summed E-state index contributed by atoms with van der Waals surface area (Å²) >= 11 is 0. The molecule has 0 spiro atoms. The average molecular weight is 904 g/mol. The van der Waals surface area contributed by atoms with Crippen molar-refractivity contribution < 1.29 is 35.2 Å². The van der Waals surface area contributed by atoms with Gasteiger partial charge in [0.2, 0.25) is 0 Å². The summed E-state index contributed by atoms with van der Waals surface area (Å²) in [6, 6.07) is 28.9. The molecular formula is C50H58IrN3. The van der Waals surface area contributed by atoms with Gasteiger partial charge in [0, 0.05) is 30.4 Å². The molecular weight excluding hydrogens is 835 g/mol. The molecule has 0 aliphatic heterocycles. The molecule has 5 aromatic rings. The summed E-state index contributed by atoms with van der Waals surface area (Å²) in [4.78, 5) is 8.69. The number of benzene rings is 3.